The molecule has 1 saturated heterocycles. The van der Waals surface area contributed by atoms with Gasteiger partial charge in [-0.25, -0.2) is 9.78 Å². The van der Waals surface area contributed by atoms with E-state index in [4.69, 9.17) is 21.3 Å². The third kappa shape index (κ3) is 5.18. The molecule has 1 N–H and O–H groups in total. The summed E-state index contributed by atoms with van der Waals surface area (Å²) in [6.07, 6.45) is 2.83. The minimum absolute atomic E-state index is 0.151. The Kier molecular flexibility index (Phi) is 6.60. The number of anilines is 1. The summed E-state index contributed by atoms with van der Waals surface area (Å²) in [5.41, 5.74) is 2.57. The molecule has 0 spiro atoms. The number of benzene rings is 2. The topological polar surface area (TPSA) is 59.4 Å². The smallest absolute Gasteiger partial charge is 0.407 e. The molecular formula is C25H31ClN4O2. The Morgan fingerprint density at radius 1 is 1.16 bits per heavy atom. The van der Waals surface area contributed by atoms with E-state index in [9.17, 15) is 4.79 Å². The normalized spacial score (nSPS) is 16.9. The second kappa shape index (κ2) is 9.41. The zero-order valence-corrected chi connectivity index (χ0v) is 19.7. The van der Waals surface area contributed by atoms with E-state index in [1.165, 1.54) is 0 Å². The first-order valence-corrected chi connectivity index (χ1v) is 11.6. The van der Waals surface area contributed by atoms with Crippen LogP contribution in [0.3, 0.4) is 0 Å². The number of carbonyl (C=O) groups excluding carboxylic acids is 1. The minimum atomic E-state index is -0.515. The fourth-order valence-electron chi connectivity index (χ4n) is 4.23. The number of amides is 1. The molecule has 0 aliphatic carbocycles. The lowest BCUT2D eigenvalue weighted by molar-refractivity contribution is 0.0522. The number of hydrogen-bond donors (Lipinski definition) is 1. The molecule has 1 aliphatic heterocycles. The Hall–Kier alpha value is -2.73. The number of fused-ring (bicyclic) bond motifs is 1. The van der Waals surface area contributed by atoms with Crippen LogP contribution in [0.5, 0.6) is 0 Å². The molecule has 1 atom stereocenters. The first-order chi connectivity index (χ1) is 15.3. The van der Waals surface area contributed by atoms with E-state index >= 15 is 0 Å². The van der Waals surface area contributed by atoms with Gasteiger partial charge < -0.3 is 19.5 Å². The number of nitrogens with zero attached hydrogens (tertiary/aromatic N) is 3. The number of hydrogen-bond acceptors (Lipinski definition) is 4. The molecule has 6 nitrogen and oxygen atoms in total. The quantitative estimate of drug-likeness (QED) is 0.543. The third-order valence-corrected chi connectivity index (χ3v) is 6.05. The third-order valence-electron chi connectivity index (χ3n) is 5.69. The van der Waals surface area contributed by atoms with Gasteiger partial charge in [-0.15, -0.1) is 0 Å². The average Bonchev–Trinajstić information content (AvgIpc) is 3.11. The molecule has 3 aromatic rings. The van der Waals surface area contributed by atoms with E-state index in [0.717, 1.165) is 53.4 Å². The number of ether oxygens (including phenoxy) is 1. The minimum Gasteiger partial charge on any atom is -0.444 e. The van der Waals surface area contributed by atoms with E-state index in [-0.39, 0.29) is 12.1 Å². The lowest BCUT2D eigenvalue weighted by Crippen LogP contribution is -2.48. The van der Waals surface area contributed by atoms with Crippen molar-refractivity contribution in [3.63, 3.8) is 0 Å². The van der Waals surface area contributed by atoms with Crippen LogP contribution in [-0.2, 0) is 11.3 Å². The summed E-state index contributed by atoms with van der Waals surface area (Å²) in [5.74, 6) is 0.918. The van der Waals surface area contributed by atoms with Crippen LogP contribution in [0, 0.1) is 0 Å². The van der Waals surface area contributed by atoms with Crippen molar-refractivity contribution < 1.29 is 9.53 Å². The van der Waals surface area contributed by atoms with E-state index in [1.807, 2.05) is 57.2 Å². The fourth-order valence-corrected chi connectivity index (χ4v) is 4.42. The van der Waals surface area contributed by atoms with Crippen molar-refractivity contribution in [1.29, 1.82) is 0 Å². The predicted molar refractivity (Wildman–Crippen MR) is 130 cm³/mol. The Morgan fingerprint density at radius 3 is 2.69 bits per heavy atom. The summed E-state index contributed by atoms with van der Waals surface area (Å²) in [5, 5.41) is 3.71. The average molecular weight is 455 g/mol. The number of halogens is 1. The summed E-state index contributed by atoms with van der Waals surface area (Å²) >= 11 is 6.49. The number of carbonyl (C=O) groups is 1. The summed E-state index contributed by atoms with van der Waals surface area (Å²) in [7, 11) is 0. The van der Waals surface area contributed by atoms with Crippen molar-refractivity contribution in [2.75, 3.05) is 18.0 Å². The molecule has 1 amide bonds. The van der Waals surface area contributed by atoms with Gasteiger partial charge in [-0.3, -0.25) is 0 Å². The molecule has 4 rings (SSSR count). The lowest BCUT2D eigenvalue weighted by Gasteiger charge is -2.37. The fraction of sp³-hybridized carbons (Fsp3) is 0.440. The van der Waals surface area contributed by atoms with Gasteiger partial charge in [-0.2, -0.15) is 0 Å². The number of aromatic nitrogens is 2. The van der Waals surface area contributed by atoms with Gasteiger partial charge in [0.2, 0.25) is 5.95 Å². The molecule has 0 unspecified atom stereocenters. The highest BCUT2D eigenvalue weighted by Gasteiger charge is 2.28. The molecule has 1 aromatic heterocycles. The molecule has 0 radical (unpaired) electrons. The first kappa shape index (κ1) is 22.5. The van der Waals surface area contributed by atoms with Gasteiger partial charge in [-0.05, 0) is 63.8 Å². The first-order valence-electron chi connectivity index (χ1n) is 11.2. The SMILES string of the molecule is CC(C)(C)OC(=O)NC[C@@H]1CCCCN1c1nc2ccccc2n1Cc1ccccc1Cl. The second-order valence-corrected chi connectivity index (χ2v) is 9.71. The van der Waals surface area contributed by atoms with Gasteiger partial charge in [0.25, 0.3) is 0 Å². The molecule has 0 saturated carbocycles. The largest absolute Gasteiger partial charge is 0.444 e. The van der Waals surface area contributed by atoms with Crippen LogP contribution in [0.15, 0.2) is 48.5 Å². The second-order valence-electron chi connectivity index (χ2n) is 9.30. The van der Waals surface area contributed by atoms with Crippen LogP contribution in [0.4, 0.5) is 10.7 Å². The van der Waals surface area contributed by atoms with Crippen LogP contribution in [0.25, 0.3) is 11.0 Å². The Balaban J connectivity index is 1.63. The number of nitrogens with one attached hydrogen (secondary N) is 1. The van der Waals surface area contributed by atoms with Gasteiger partial charge in [0.1, 0.15) is 5.60 Å². The molecule has 0 bridgehead atoms. The van der Waals surface area contributed by atoms with Gasteiger partial charge in [-0.1, -0.05) is 41.9 Å². The highest BCUT2D eigenvalue weighted by molar-refractivity contribution is 6.31. The standard InChI is InChI=1S/C25H31ClN4O2/c1-25(2,3)32-24(31)27-16-19-11-8-9-15-29(19)23-28-21-13-6-7-14-22(21)30(23)17-18-10-4-5-12-20(18)26/h4-7,10,12-14,19H,8-9,11,15-17H2,1-3H3,(H,27,31)/t19-/m0/s1. The van der Waals surface area contributed by atoms with Crippen LogP contribution in [0.2, 0.25) is 5.02 Å². The number of alkyl carbamates (subject to hydrolysis) is 1. The zero-order chi connectivity index (χ0) is 22.7. The van der Waals surface area contributed by atoms with Crippen molar-refractivity contribution >= 4 is 34.7 Å². The van der Waals surface area contributed by atoms with Crippen LogP contribution in [-0.4, -0.2) is 40.4 Å². The highest BCUT2D eigenvalue weighted by Crippen LogP contribution is 2.30. The van der Waals surface area contributed by atoms with Gasteiger partial charge in [0, 0.05) is 24.2 Å². The van der Waals surface area contributed by atoms with E-state index in [1.54, 1.807) is 0 Å². The lowest BCUT2D eigenvalue weighted by atomic mass is 10.0. The molecule has 1 fully saturated rings. The maximum absolute atomic E-state index is 12.2. The van der Waals surface area contributed by atoms with Gasteiger partial charge in [0.15, 0.2) is 0 Å². The summed E-state index contributed by atoms with van der Waals surface area (Å²) in [4.78, 5) is 19.6. The van der Waals surface area contributed by atoms with Crippen molar-refractivity contribution in [1.82, 2.24) is 14.9 Å². The van der Waals surface area contributed by atoms with Crippen LogP contribution < -0.4 is 10.2 Å². The maximum Gasteiger partial charge on any atom is 0.407 e. The number of imidazole rings is 1. The molecule has 170 valence electrons. The van der Waals surface area contributed by atoms with Gasteiger partial charge in [0.05, 0.1) is 17.6 Å². The summed E-state index contributed by atoms with van der Waals surface area (Å²) in [6, 6.07) is 16.3. The van der Waals surface area contributed by atoms with Crippen LogP contribution >= 0.6 is 11.6 Å². The zero-order valence-electron chi connectivity index (χ0n) is 19.0. The summed E-state index contributed by atoms with van der Waals surface area (Å²) in [6.45, 7) is 7.67. The Labute approximate surface area is 194 Å². The van der Waals surface area contributed by atoms with Crippen molar-refractivity contribution in [3.05, 3.63) is 59.1 Å². The highest BCUT2D eigenvalue weighted by atomic mass is 35.5. The molecule has 7 heteroatoms. The predicted octanol–water partition coefficient (Wildman–Crippen LogP) is 5.62. The Bertz CT molecular complexity index is 1090. The van der Waals surface area contributed by atoms with Gasteiger partial charge >= 0.3 is 6.09 Å². The number of rotatable bonds is 5. The van der Waals surface area contributed by atoms with Crippen LogP contribution in [0.1, 0.15) is 45.6 Å². The molecule has 2 aromatic carbocycles. The molecule has 1 aliphatic rings. The van der Waals surface area contributed by atoms with Crippen molar-refractivity contribution in [3.8, 4) is 0 Å². The van der Waals surface area contributed by atoms with E-state index in [2.05, 4.69) is 26.9 Å². The number of para-hydroxylation sites is 2. The monoisotopic (exact) mass is 454 g/mol. The maximum atomic E-state index is 12.2. The molecule has 2 heterocycles. The Morgan fingerprint density at radius 2 is 1.91 bits per heavy atom. The summed E-state index contributed by atoms with van der Waals surface area (Å²) < 4.78 is 7.67. The molecule has 32 heavy (non-hydrogen) atoms. The van der Waals surface area contributed by atoms with Crippen molar-refractivity contribution in [2.24, 2.45) is 0 Å². The molecular weight excluding hydrogens is 424 g/mol. The van der Waals surface area contributed by atoms with E-state index < -0.39 is 5.60 Å². The number of piperidine rings is 1. The van der Waals surface area contributed by atoms with E-state index in [0.29, 0.717) is 13.1 Å². The van der Waals surface area contributed by atoms with Crippen molar-refractivity contribution in [2.45, 2.75) is 58.2 Å².